The normalized spacial score (nSPS) is 11.3. The molecule has 0 spiro atoms. The Kier molecular flexibility index (Phi) is 3.34. The summed E-state index contributed by atoms with van der Waals surface area (Å²) in [6.07, 6.45) is 1.91. The van der Waals surface area contributed by atoms with Crippen LogP contribution in [-0.4, -0.2) is 4.98 Å². The molecule has 0 saturated heterocycles. The van der Waals surface area contributed by atoms with Crippen molar-refractivity contribution in [2.24, 2.45) is 7.05 Å². The van der Waals surface area contributed by atoms with Crippen LogP contribution in [0.4, 0.5) is 0 Å². The highest BCUT2D eigenvalue weighted by atomic mass is 15.0. The van der Waals surface area contributed by atoms with Gasteiger partial charge in [0.25, 0.3) is 6.33 Å². The second-order valence-corrected chi connectivity index (χ2v) is 6.64. The van der Waals surface area contributed by atoms with Gasteiger partial charge >= 0.3 is 0 Å². The monoisotopic (exact) mass is 313 g/mol. The lowest BCUT2D eigenvalue weighted by Gasteiger charge is -2.13. The maximum absolute atomic E-state index is 4.59. The van der Waals surface area contributed by atoms with Gasteiger partial charge in [0.2, 0.25) is 0 Å². The molecule has 0 N–H and O–H groups in total. The third-order valence-corrected chi connectivity index (χ3v) is 4.91. The largest absolute Gasteiger partial charge is 0.287 e. The van der Waals surface area contributed by atoms with Crippen LogP contribution in [0.1, 0.15) is 16.7 Å². The minimum Gasteiger partial charge on any atom is -0.232 e. The van der Waals surface area contributed by atoms with Gasteiger partial charge < -0.3 is 0 Å². The third-order valence-electron chi connectivity index (χ3n) is 4.91. The van der Waals surface area contributed by atoms with Gasteiger partial charge in [-0.15, -0.1) is 0 Å². The Morgan fingerprint density at radius 2 is 1.58 bits per heavy atom. The summed E-state index contributed by atoms with van der Waals surface area (Å²) in [7, 11) is 2.08. The zero-order valence-electron chi connectivity index (χ0n) is 14.6. The van der Waals surface area contributed by atoms with Gasteiger partial charge in [0.1, 0.15) is 5.69 Å². The van der Waals surface area contributed by atoms with E-state index in [2.05, 4.69) is 85.9 Å². The van der Waals surface area contributed by atoms with Gasteiger partial charge in [-0.3, -0.25) is 0 Å². The topological polar surface area (TPSA) is 16.8 Å². The van der Waals surface area contributed by atoms with Gasteiger partial charge in [-0.1, -0.05) is 35.9 Å². The molecule has 0 amide bonds. The first-order chi connectivity index (χ1) is 11.6. The number of fused-ring (bicyclic) bond motifs is 2. The van der Waals surface area contributed by atoms with Crippen LogP contribution in [0, 0.1) is 20.8 Å². The van der Waals surface area contributed by atoms with E-state index in [9.17, 15) is 0 Å². The van der Waals surface area contributed by atoms with E-state index in [1.807, 2.05) is 6.33 Å². The van der Waals surface area contributed by atoms with E-state index >= 15 is 0 Å². The molecule has 4 rings (SSSR count). The van der Waals surface area contributed by atoms with Crippen LogP contribution in [0.2, 0.25) is 0 Å². The summed E-state index contributed by atoms with van der Waals surface area (Å²) in [6, 6.07) is 17.4. The fraction of sp³-hybridized carbons (Fsp3) is 0.182. The third kappa shape index (κ3) is 2.18. The maximum Gasteiger partial charge on any atom is 0.287 e. The molecule has 0 bridgehead atoms. The van der Waals surface area contributed by atoms with Gasteiger partial charge in [0, 0.05) is 5.56 Å². The van der Waals surface area contributed by atoms with Crippen LogP contribution >= 0.6 is 0 Å². The molecular formula is C22H21N2+. The minimum absolute atomic E-state index is 1.04. The molecule has 3 aromatic carbocycles. The molecule has 2 heteroatoms. The predicted molar refractivity (Wildman–Crippen MR) is 100 cm³/mol. The molecule has 2 nitrogen and oxygen atoms in total. The van der Waals surface area contributed by atoms with Crippen molar-refractivity contribution >= 4 is 21.7 Å². The first-order valence-corrected chi connectivity index (χ1v) is 8.30. The molecule has 0 aliphatic carbocycles. The SMILES string of the molecule is Cc1ccc2nc[n+](C)c(-c3cc(C)c4ccccc4c3C)c2c1. The molecule has 1 aromatic heterocycles. The number of rotatable bonds is 1. The Hall–Kier alpha value is -2.74. The van der Waals surface area contributed by atoms with Gasteiger partial charge in [0.15, 0.2) is 5.52 Å². The molecule has 0 aliphatic rings. The van der Waals surface area contributed by atoms with Gasteiger partial charge in [0.05, 0.1) is 12.4 Å². The molecule has 1 heterocycles. The van der Waals surface area contributed by atoms with Crippen molar-refractivity contribution < 1.29 is 4.57 Å². The Bertz CT molecular complexity index is 1090. The van der Waals surface area contributed by atoms with Gasteiger partial charge in [-0.2, -0.15) is 0 Å². The first-order valence-electron chi connectivity index (χ1n) is 8.30. The number of aromatic nitrogens is 2. The van der Waals surface area contributed by atoms with Gasteiger partial charge in [-0.05, 0) is 65.9 Å². The summed E-state index contributed by atoms with van der Waals surface area (Å²) in [6.45, 7) is 6.55. The summed E-state index contributed by atoms with van der Waals surface area (Å²) in [4.78, 5) is 4.59. The standard InChI is InChI=1S/C22H21N2/c1-14-9-10-21-20(11-14)22(24(4)13-23-21)19-12-15(2)17-7-5-6-8-18(17)16(19)3/h5-13H,1-4H3/q+1. The Labute approximate surface area is 142 Å². The molecule has 0 unspecified atom stereocenters. The van der Waals surface area contributed by atoms with E-state index in [1.165, 1.54) is 44.1 Å². The minimum atomic E-state index is 1.04. The summed E-state index contributed by atoms with van der Waals surface area (Å²) >= 11 is 0. The Morgan fingerprint density at radius 3 is 2.38 bits per heavy atom. The molecule has 0 saturated carbocycles. The highest BCUT2D eigenvalue weighted by Crippen LogP contribution is 2.33. The van der Waals surface area contributed by atoms with Gasteiger partial charge in [-0.25, -0.2) is 4.57 Å². The van der Waals surface area contributed by atoms with Crippen molar-refractivity contribution in [2.75, 3.05) is 0 Å². The lowest BCUT2D eigenvalue weighted by atomic mass is 9.92. The highest BCUT2D eigenvalue weighted by Gasteiger charge is 2.18. The molecule has 0 aliphatic heterocycles. The predicted octanol–water partition coefficient (Wildman–Crippen LogP) is 4.80. The van der Waals surface area contributed by atoms with E-state index < -0.39 is 0 Å². The number of nitrogens with zero attached hydrogens (tertiary/aromatic N) is 2. The Morgan fingerprint density at radius 1 is 0.833 bits per heavy atom. The molecule has 118 valence electrons. The van der Waals surface area contributed by atoms with Crippen LogP contribution in [0.3, 0.4) is 0 Å². The number of hydrogen-bond donors (Lipinski definition) is 0. The Balaban J connectivity index is 2.16. The first kappa shape index (κ1) is 14.8. The molecule has 4 aromatic rings. The molecular weight excluding hydrogens is 292 g/mol. The van der Waals surface area contributed by atoms with Crippen LogP contribution in [0.5, 0.6) is 0 Å². The fourth-order valence-corrected chi connectivity index (χ4v) is 3.63. The molecule has 24 heavy (non-hydrogen) atoms. The van der Waals surface area contributed by atoms with Crippen LogP contribution < -0.4 is 4.57 Å². The maximum atomic E-state index is 4.59. The zero-order chi connectivity index (χ0) is 16.8. The number of hydrogen-bond acceptors (Lipinski definition) is 1. The second kappa shape index (κ2) is 5.41. The van der Waals surface area contributed by atoms with Crippen LogP contribution in [0.25, 0.3) is 32.9 Å². The van der Waals surface area contributed by atoms with E-state index in [4.69, 9.17) is 0 Å². The van der Waals surface area contributed by atoms with Crippen LogP contribution in [-0.2, 0) is 7.05 Å². The summed E-state index contributed by atoms with van der Waals surface area (Å²) in [5.41, 5.74) is 7.44. The molecule has 0 atom stereocenters. The summed E-state index contributed by atoms with van der Waals surface area (Å²) in [5.74, 6) is 0. The average Bonchev–Trinajstić information content (AvgIpc) is 2.58. The van der Waals surface area contributed by atoms with Crippen molar-refractivity contribution in [3.8, 4) is 11.3 Å². The number of aryl methyl sites for hydroxylation is 4. The zero-order valence-corrected chi connectivity index (χ0v) is 14.6. The van der Waals surface area contributed by atoms with Crippen molar-refractivity contribution in [1.29, 1.82) is 0 Å². The highest BCUT2D eigenvalue weighted by molar-refractivity contribution is 5.98. The van der Waals surface area contributed by atoms with Crippen molar-refractivity contribution in [1.82, 2.24) is 4.98 Å². The number of benzene rings is 3. The molecule has 0 fully saturated rings. The van der Waals surface area contributed by atoms with Crippen LogP contribution in [0.15, 0.2) is 54.9 Å². The van der Waals surface area contributed by atoms with E-state index in [0.29, 0.717) is 0 Å². The summed E-state index contributed by atoms with van der Waals surface area (Å²) in [5, 5.41) is 3.86. The summed E-state index contributed by atoms with van der Waals surface area (Å²) < 4.78 is 2.14. The van der Waals surface area contributed by atoms with E-state index in [-0.39, 0.29) is 0 Å². The quantitative estimate of drug-likeness (QED) is 0.461. The fourth-order valence-electron chi connectivity index (χ4n) is 3.63. The van der Waals surface area contributed by atoms with Crippen molar-refractivity contribution in [3.63, 3.8) is 0 Å². The average molecular weight is 313 g/mol. The van der Waals surface area contributed by atoms with Crippen molar-refractivity contribution in [2.45, 2.75) is 20.8 Å². The lowest BCUT2D eigenvalue weighted by Crippen LogP contribution is -2.31. The lowest BCUT2D eigenvalue weighted by molar-refractivity contribution is -0.662. The second-order valence-electron chi connectivity index (χ2n) is 6.64. The smallest absolute Gasteiger partial charge is 0.232 e. The van der Waals surface area contributed by atoms with Crippen molar-refractivity contribution in [3.05, 3.63) is 71.5 Å². The van der Waals surface area contributed by atoms with E-state index in [1.54, 1.807) is 0 Å². The van der Waals surface area contributed by atoms with E-state index in [0.717, 1.165) is 5.52 Å². The molecule has 0 radical (unpaired) electrons.